The van der Waals surface area contributed by atoms with Gasteiger partial charge in [0.2, 0.25) is 5.91 Å². The first-order valence-corrected chi connectivity index (χ1v) is 18.6. The van der Waals surface area contributed by atoms with Crippen molar-refractivity contribution in [2.75, 3.05) is 38.9 Å². The number of fused-ring (bicyclic) bond motifs is 5. The van der Waals surface area contributed by atoms with Crippen LogP contribution in [0.3, 0.4) is 0 Å². The third-order valence-corrected chi connectivity index (χ3v) is 11.6. The number of methoxy groups -OCH3 is 2. The summed E-state index contributed by atoms with van der Waals surface area (Å²) in [6, 6.07) is 7.42. The van der Waals surface area contributed by atoms with Gasteiger partial charge in [0.15, 0.2) is 0 Å². The molecule has 55 heavy (non-hydrogen) atoms. The molecule has 13 nitrogen and oxygen atoms in total. The van der Waals surface area contributed by atoms with Crippen LogP contribution >= 0.6 is 11.6 Å². The smallest absolute Gasteiger partial charge is 0.328 e. The Kier molecular flexibility index (Phi) is 12.4. The molecular formula is C41H52ClN3O10. The van der Waals surface area contributed by atoms with E-state index in [9.17, 15) is 24.3 Å². The number of likely N-dealkylation sites (N-methyl/N-ethyl adjacent to an activating group) is 1. The molecule has 298 valence electrons. The van der Waals surface area contributed by atoms with Gasteiger partial charge in [-0.3, -0.25) is 14.4 Å². The van der Waals surface area contributed by atoms with E-state index in [4.69, 9.17) is 41.0 Å². The van der Waals surface area contributed by atoms with E-state index in [-0.39, 0.29) is 24.3 Å². The maximum atomic E-state index is 14.2. The summed E-state index contributed by atoms with van der Waals surface area (Å²) < 4.78 is 29.5. The molecule has 3 aliphatic rings. The highest BCUT2D eigenvalue weighted by atomic mass is 35.5. The van der Waals surface area contributed by atoms with Gasteiger partial charge >= 0.3 is 11.9 Å². The zero-order chi connectivity index (χ0) is 40.6. The maximum absolute atomic E-state index is 14.2. The first-order valence-electron chi connectivity index (χ1n) is 18.3. The maximum Gasteiger partial charge on any atom is 0.328 e. The summed E-state index contributed by atoms with van der Waals surface area (Å²) >= 11 is 6.78. The molecule has 2 aromatic carbocycles. The lowest BCUT2D eigenvalue weighted by atomic mass is 9.78. The van der Waals surface area contributed by atoms with Crippen molar-refractivity contribution in [3.8, 4) is 5.75 Å². The average molecular weight is 782 g/mol. The number of nitrogen functional groups attached to an aromatic ring is 1. The third kappa shape index (κ3) is 8.70. The number of carbonyl (C=O) groups is 4. The quantitative estimate of drug-likeness (QED) is 0.231. The van der Waals surface area contributed by atoms with E-state index in [1.54, 1.807) is 63.4 Å². The number of epoxide rings is 1. The van der Waals surface area contributed by atoms with Crippen LogP contribution in [0.1, 0.15) is 68.4 Å². The normalized spacial score (nSPS) is 30.6. The lowest BCUT2D eigenvalue weighted by Gasteiger charge is -2.41. The fourth-order valence-corrected chi connectivity index (χ4v) is 7.86. The number of aryl methyl sites for hydroxylation is 1. The number of esters is 2. The van der Waals surface area contributed by atoms with Gasteiger partial charge < -0.3 is 44.3 Å². The molecule has 5 rings (SSSR count). The Morgan fingerprint density at radius 1 is 1.16 bits per heavy atom. The van der Waals surface area contributed by atoms with Crippen LogP contribution < -0.4 is 15.4 Å². The molecule has 0 unspecified atom stereocenters. The number of nitrogens with two attached hydrogens (primary N) is 1. The van der Waals surface area contributed by atoms with Gasteiger partial charge in [-0.1, -0.05) is 42.3 Å². The second kappa shape index (κ2) is 16.4. The molecule has 0 aromatic heterocycles. The van der Waals surface area contributed by atoms with Gasteiger partial charge in [-0.2, -0.15) is 0 Å². The molecule has 2 amide bonds. The Labute approximate surface area is 327 Å². The number of benzene rings is 2. The molecule has 8 atom stereocenters. The van der Waals surface area contributed by atoms with Crippen molar-refractivity contribution in [2.45, 2.75) is 102 Å². The van der Waals surface area contributed by atoms with Gasteiger partial charge in [-0.05, 0) is 75.6 Å². The first kappa shape index (κ1) is 41.7. The molecule has 3 aliphatic heterocycles. The highest BCUT2D eigenvalue weighted by Crippen LogP contribution is 2.50. The van der Waals surface area contributed by atoms with Crippen LogP contribution in [0, 0.1) is 12.8 Å². The van der Waals surface area contributed by atoms with Crippen molar-refractivity contribution < 1.29 is 48.0 Å². The van der Waals surface area contributed by atoms with E-state index >= 15 is 0 Å². The minimum Gasteiger partial charge on any atom is -0.495 e. The molecule has 0 spiro atoms. The van der Waals surface area contributed by atoms with Gasteiger partial charge in [-0.15, -0.1) is 0 Å². The number of rotatable bonds is 6. The van der Waals surface area contributed by atoms with E-state index in [0.29, 0.717) is 34.7 Å². The number of ether oxygens (including phenoxy) is 5. The molecule has 0 saturated carbocycles. The van der Waals surface area contributed by atoms with Gasteiger partial charge in [0.05, 0.1) is 31.7 Å². The van der Waals surface area contributed by atoms with E-state index in [2.05, 4.69) is 0 Å². The van der Waals surface area contributed by atoms with Gasteiger partial charge in [-0.25, -0.2) is 4.79 Å². The number of nitrogens with zero attached hydrogens (tertiary/aromatic N) is 2. The molecule has 0 radical (unpaired) electrons. The molecule has 3 N–H and O–H groups in total. The Morgan fingerprint density at radius 2 is 1.87 bits per heavy atom. The van der Waals surface area contributed by atoms with E-state index in [1.165, 1.54) is 38.0 Å². The van der Waals surface area contributed by atoms with Crippen LogP contribution in [0.2, 0.25) is 5.02 Å². The van der Waals surface area contributed by atoms with Crippen molar-refractivity contribution in [3.05, 3.63) is 75.8 Å². The molecule has 3 heterocycles. The summed E-state index contributed by atoms with van der Waals surface area (Å²) in [5.41, 5.74) is 6.73. The van der Waals surface area contributed by atoms with Crippen LogP contribution in [0.5, 0.6) is 5.75 Å². The van der Waals surface area contributed by atoms with E-state index in [1.807, 2.05) is 19.9 Å². The van der Waals surface area contributed by atoms with Crippen LogP contribution in [-0.2, 0) is 39.8 Å². The number of hydrogen-bond donors (Lipinski definition) is 2. The van der Waals surface area contributed by atoms with Gasteiger partial charge in [0, 0.05) is 44.8 Å². The summed E-state index contributed by atoms with van der Waals surface area (Å²) in [5, 5.41) is 12.1. The molecular weight excluding hydrogens is 730 g/mol. The number of aliphatic hydroxyl groups is 1. The van der Waals surface area contributed by atoms with E-state index < -0.39 is 71.3 Å². The number of halogens is 1. The van der Waals surface area contributed by atoms with E-state index in [0.717, 1.165) is 11.1 Å². The SMILES string of the molecule is COc1cc2cc(c1Cl)N(C)C(=O)C[C@H](OC(=O)[C@H](C)N(C)C(=O)c1ccc(N)cc1C)[C@]1(C)O[C@H]1[C@H](C)[C@@H]1C[C@@](O)(CC(=O)O1)[C@H](OC)/C=C/C=C(\C)C2. The highest BCUT2D eigenvalue weighted by molar-refractivity contribution is 6.35. The van der Waals surface area contributed by atoms with Crippen LogP contribution in [-0.4, -0.2) is 104 Å². The minimum absolute atomic E-state index is 0.0478. The fourth-order valence-electron chi connectivity index (χ4n) is 7.55. The van der Waals surface area contributed by atoms with Crippen LogP contribution in [0.4, 0.5) is 11.4 Å². The van der Waals surface area contributed by atoms with Crippen molar-refractivity contribution in [1.82, 2.24) is 4.90 Å². The molecule has 2 saturated heterocycles. The molecule has 2 fully saturated rings. The minimum atomic E-state index is -1.59. The summed E-state index contributed by atoms with van der Waals surface area (Å²) in [6.45, 7) is 8.77. The predicted octanol–water partition coefficient (Wildman–Crippen LogP) is 4.97. The lowest BCUT2D eigenvalue weighted by molar-refractivity contribution is -0.187. The first-order chi connectivity index (χ1) is 25.8. The topological polar surface area (TPSA) is 170 Å². The average Bonchev–Trinajstić information content (AvgIpc) is 3.83. The second-order valence-corrected chi connectivity index (χ2v) is 15.6. The number of anilines is 2. The second-order valence-electron chi connectivity index (χ2n) is 15.2. The number of hydrogen-bond acceptors (Lipinski definition) is 11. The standard InChI is InChI=1S/C41H52ClN3O10/c1-22-11-10-12-32(52-9)41(50)20-31(53-35(47)21-41)24(3)37-40(5,55-37)33(19-34(46)45(7)29-17-26(15-22)18-30(51-8)36(29)42)54-39(49)25(4)44(6)38(48)28-14-13-27(43)16-23(28)2/h10-14,16-18,24-25,31-33,37,50H,15,19-21,43H2,1-9H3/b12-10+,22-11+/t24-,25+,31+,32-,33+,37+,40+,41-/m1/s1. The molecule has 0 aliphatic carbocycles. The summed E-state index contributed by atoms with van der Waals surface area (Å²) in [4.78, 5) is 57.3. The summed E-state index contributed by atoms with van der Waals surface area (Å²) in [6.07, 6.45) is 1.83. The number of allylic oxidation sites excluding steroid dienone is 3. The zero-order valence-corrected chi connectivity index (χ0v) is 33.6. The molecule has 4 bridgehead atoms. The monoisotopic (exact) mass is 781 g/mol. The zero-order valence-electron chi connectivity index (χ0n) is 32.9. The van der Waals surface area contributed by atoms with Crippen molar-refractivity contribution in [3.63, 3.8) is 0 Å². The predicted molar refractivity (Wildman–Crippen MR) is 207 cm³/mol. The molecule has 14 heteroatoms. The van der Waals surface area contributed by atoms with Gasteiger partial charge in [0.25, 0.3) is 5.91 Å². The van der Waals surface area contributed by atoms with Gasteiger partial charge in [0.1, 0.15) is 46.3 Å². The number of amides is 2. The largest absolute Gasteiger partial charge is 0.495 e. The Bertz CT molecular complexity index is 1900. The lowest BCUT2D eigenvalue weighted by Crippen LogP contribution is -2.53. The fraction of sp³-hybridized carbons (Fsp3) is 0.512. The Morgan fingerprint density at radius 3 is 2.53 bits per heavy atom. The third-order valence-electron chi connectivity index (χ3n) is 11.2. The van der Waals surface area contributed by atoms with Crippen molar-refractivity contribution in [2.24, 2.45) is 5.92 Å². The Balaban J connectivity index is 1.52. The van der Waals surface area contributed by atoms with Crippen molar-refractivity contribution >= 4 is 46.7 Å². The molecule has 2 aromatic rings. The summed E-state index contributed by atoms with van der Waals surface area (Å²) in [5.74, 6) is -2.35. The van der Waals surface area contributed by atoms with Crippen LogP contribution in [0.25, 0.3) is 0 Å². The number of carbonyl (C=O) groups excluding carboxylic acids is 4. The van der Waals surface area contributed by atoms with Crippen molar-refractivity contribution in [1.29, 1.82) is 0 Å². The van der Waals surface area contributed by atoms with Crippen LogP contribution in [0.15, 0.2) is 54.1 Å². The summed E-state index contributed by atoms with van der Waals surface area (Å²) in [7, 11) is 6.03. The Hall–Kier alpha value is -4.43. The highest BCUT2D eigenvalue weighted by Gasteiger charge is 2.64.